The molecule has 0 spiro atoms. The highest BCUT2D eigenvalue weighted by atomic mass is 16.6. The molecule has 8 aromatic rings. The van der Waals surface area contributed by atoms with Crippen molar-refractivity contribution in [2.75, 3.05) is 0 Å². The molecule has 8 rings (SSSR count). The first-order valence-corrected chi connectivity index (χ1v) is 15.8. The fourth-order valence-electron chi connectivity index (χ4n) is 7.66. The summed E-state index contributed by atoms with van der Waals surface area (Å²) < 4.78 is 5.26. The molecule has 0 saturated carbocycles. The third kappa shape index (κ3) is 4.76. The molecule has 0 atom stereocenters. The highest BCUT2D eigenvalue weighted by Crippen LogP contribution is 2.42. The molecule has 0 fully saturated rings. The van der Waals surface area contributed by atoms with Crippen LogP contribution in [0.1, 0.15) is 82.9 Å². The third-order valence-electron chi connectivity index (χ3n) is 9.75. The van der Waals surface area contributed by atoms with Gasteiger partial charge >= 0.3 is 47.8 Å². The number of hydrogen-bond donors (Lipinski definition) is 6. The molecule has 0 aliphatic heterocycles. The van der Waals surface area contributed by atoms with Gasteiger partial charge in [-0.1, -0.05) is 48.5 Å². The van der Waals surface area contributed by atoms with Gasteiger partial charge in [0.15, 0.2) is 0 Å². The first-order valence-electron chi connectivity index (χ1n) is 15.8. The molecule has 0 heterocycles. The topological polar surface area (TPSA) is 267 Å². The molecule has 15 heteroatoms. The van der Waals surface area contributed by atoms with Crippen molar-refractivity contribution in [1.82, 2.24) is 0 Å². The largest absolute Gasteiger partial charge is 0.478 e. The Morgan fingerprint density at radius 2 is 0.564 bits per heavy atom. The van der Waals surface area contributed by atoms with Crippen LogP contribution in [0.2, 0.25) is 0 Å². The molecule has 0 radical (unpaired) electrons. The van der Waals surface area contributed by atoms with Gasteiger partial charge in [0, 0.05) is 0 Å². The normalized spacial score (nSPS) is 11.6. The van der Waals surface area contributed by atoms with Crippen LogP contribution in [0.5, 0.6) is 0 Å². The van der Waals surface area contributed by atoms with E-state index in [0.717, 1.165) is 24.3 Å². The summed E-state index contributed by atoms with van der Waals surface area (Å²) in [4.78, 5) is 102. The van der Waals surface area contributed by atoms with E-state index < -0.39 is 92.3 Å². The number of carbonyl (C=O) groups is 8. The van der Waals surface area contributed by atoms with Gasteiger partial charge in [-0.05, 0) is 88.9 Å². The summed E-state index contributed by atoms with van der Waals surface area (Å²) in [6, 6.07) is 15.1. The van der Waals surface area contributed by atoms with Crippen LogP contribution in [0, 0.1) is 0 Å². The summed E-state index contributed by atoms with van der Waals surface area (Å²) in [5, 5.41) is 61.2. The molecule has 0 aliphatic carbocycles. The molecule has 0 aliphatic rings. The Morgan fingerprint density at radius 1 is 0.327 bits per heavy atom. The van der Waals surface area contributed by atoms with Gasteiger partial charge in [0.2, 0.25) is 0 Å². The standard InChI is InChI=1S/C40H18O15/c41-33(42)21-9-13-3-7-19-27-15(1-5-17(25(13)27)29(21)37(49)50)11-23(35(45)46)31(19)39(53)55-40(54)32-20-8-4-14-10-22(34(43)44)30(38(51)52)18-6-2-16(28(20)26(14)18)12-24(32)36(47)48/h1-12H,(H,41,42)(H,43,44)(H,45,46)(H,47,48)(H,49,50)(H,51,52). The monoisotopic (exact) mass is 738 g/mol. The van der Waals surface area contributed by atoms with Crippen molar-refractivity contribution in [1.29, 1.82) is 0 Å². The second-order valence-electron chi connectivity index (χ2n) is 12.5. The first-order chi connectivity index (χ1) is 26.1. The number of carboxylic acid groups (broad SMARTS) is 6. The molecule has 6 N–H and O–H groups in total. The Kier molecular flexibility index (Phi) is 7.19. The minimum Gasteiger partial charge on any atom is -0.478 e. The van der Waals surface area contributed by atoms with Gasteiger partial charge < -0.3 is 35.4 Å². The van der Waals surface area contributed by atoms with E-state index in [1.165, 1.54) is 48.5 Å². The summed E-state index contributed by atoms with van der Waals surface area (Å²) in [6.45, 7) is 0. The van der Waals surface area contributed by atoms with Crippen LogP contribution in [-0.2, 0) is 4.74 Å². The van der Waals surface area contributed by atoms with Crippen LogP contribution in [0.4, 0.5) is 0 Å². The fourth-order valence-corrected chi connectivity index (χ4v) is 7.66. The zero-order chi connectivity index (χ0) is 39.4. The number of carboxylic acids is 6. The molecule has 0 aromatic heterocycles. The SMILES string of the molecule is O=C(O)c1cc2ccc3c(C(=O)OC(=O)c4c(C(=O)O)cc5ccc6c(C(=O)O)c(C(=O)O)cc7ccc4c5c76)c(C(=O)O)cc4ccc(c1C(=O)O)c2c43. The van der Waals surface area contributed by atoms with Crippen molar-refractivity contribution in [3.63, 3.8) is 0 Å². The summed E-state index contributed by atoms with van der Waals surface area (Å²) in [6.07, 6.45) is 0. The minimum atomic E-state index is -1.62. The lowest BCUT2D eigenvalue weighted by molar-refractivity contribution is 0.0388. The van der Waals surface area contributed by atoms with Gasteiger partial charge in [-0.15, -0.1) is 0 Å². The summed E-state index contributed by atoms with van der Waals surface area (Å²) in [5.41, 5.74) is -4.69. The Bertz CT molecular complexity index is 2960. The van der Waals surface area contributed by atoms with E-state index in [0.29, 0.717) is 0 Å². The lowest BCUT2D eigenvalue weighted by Gasteiger charge is -2.18. The Balaban J connectivity index is 1.35. The van der Waals surface area contributed by atoms with E-state index in [4.69, 9.17) is 4.74 Å². The molecular formula is C40H18O15. The third-order valence-corrected chi connectivity index (χ3v) is 9.75. The molecule has 15 nitrogen and oxygen atoms in total. The predicted octanol–water partition coefficient (Wildman–Crippen LogP) is 6.67. The van der Waals surface area contributed by atoms with E-state index in [9.17, 15) is 69.0 Å². The van der Waals surface area contributed by atoms with Gasteiger partial charge in [-0.25, -0.2) is 38.4 Å². The van der Waals surface area contributed by atoms with Gasteiger partial charge in [0.05, 0.1) is 44.5 Å². The zero-order valence-electron chi connectivity index (χ0n) is 27.3. The molecule has 268 valence electrons. The number of aromatic carboxylic acids is 6. The maximum absolute atomic E-state index is 14.0. The summed E-state index contributed by atoms with van der Waals surface area (Å²) in [5.74, 6) is -12.4. The van der Waals surface area contributed by atoms with Crippen LogP contribution in [0.15, 0.2) is 72.8 Å². The molecule has 0 saturated heterocycles. The summed E-state index contributed by atoms with van der Waals surface area (Å²) >= 11 is 0. The van der Waals surface area contributed by atoms with E-state index in [1.54, 1.807) is 0 Å². The summed E-state index contributed by atoms with van der Waals surface area (Å²) in [7, 11) is 0. The van der Waals surface area contributed by atoms with Gasteiger partial charge in [-0.3, -0.25) is 0 Å². The van der Waals surface area contributed by atoms with Crippen molar-refractivity contribution >= 4 is 112 Å². The fraction of sp³-hybridized carbons (Fsp3) is 0. The van der Waals surface area contributed by atoms with Crippen molar-refractivity contribution in [2.45, 2.75) is 0 Å². The van der Waals surface area contributed by atoms with Crippen molar-refractivity contribution in [3.05, 3.63) is 117 Å². The van der Waals surface area contributed by atoms with E-state index >= 15 is 0 Å². The number of hydrogen-bond acceptors (Lipinski definition) is 9. The maximum Gasteiger partial charge on any atom is 0.347 e. The van der Waals surface area contributed by atoms with Crippen molar-refractivity contribution < 1.29 is 73.7 Å². The first kappa shape index (κ1) is 33.9. The Hall–Kier alpha value is -8.20. The highest BCUT2D eigenvalue weighted by Gasteiger charge is 2.32. The number of benzene rings is 8. The Labute approximate surface area is 303 Å². The molecule has 55 heavy (non-hydrogen) atoms. The number of esters is 2. The second kappa shape index (κ2) is 11.7. The van der Waals surface area contributed by atoms with Crippen LogP contribution >= 0.6 is 0 Å². The van der Waals surface area contributed by atoms with Crippen LogP contribution in [-0.4, -0.2) is 78.4 Å². The smallest absolute Gasteiger partial charge is 0.347 e. The molecule has 8 aromatic carbocycles. The maximum atomic E-state index is 14.0. The average Bonchev–Trinajstić information content (AvgIpc) is 3.13. The molecule has 0 unspecified atom stereocenters. The second-order valence-corrected chi connectivity index (χ2v) is 12.5. The molecule has 0 amide bonds. The van der Waals surface area contributed by atoms with Gasteiger partial charge in [0.25, 0.3) is 0 Å². The molecule has 0 bridgehead atoms. The van der Waals surface area contributed by atoms with Crippen LogP contribution in [0.25, 0.3) is 64.6 Å². The zero-order valence-corrected chi connectivity index (χ0v) is 27.3. The number of rotatable bonds is 8. The lowest BCUT2D eigenvalue weighted by Crippen LogP contribution is -2.19. The van der Waals surface area contributed by atoms with Crippen LogP contribution in [0.3, 0.4) is 0 Å². The van der Waals surface area contributed by atoms with Gasteiger partial charge in [-0.2, -0.15) is 0 Å². The molecular weight excluding hydrogens is 720 g/mol. The number of carbonyl (C=O) groups excluding carboxylic acids is 2. The minimum absolute atomic E-state index is 0.0276. The van der Waals surface area contributed by atoms with Crippen LogP contribution < -0.4 is 0 Å². The highest BCUT2D eigenvalue weighted by molar-refractivity contribution is 6.34. The van der Waals surface area contributed by atoms with Crippen molar-refractivity contribution in [3.8, 4) is 0 Å². The van der Waals surface area contributed by atoms with Gasteiger partial charge in [0.1, 0.15) is 0 Å². The Morgan fingerprint density at radius 3 is 0.800 bits per heavy atom. The predicted molar refractivity (Wildman–Crippen MR) is 192 cm³/mol. The van der Waals surface area contributed by atoms with E-state index in [-0.39, 0.29) is 64.6 Å². The average molecular weight is 739 g/mol. The quantitative estimate of drug-likeness (QED) is 0.0540. The van der Waals surface area contributed by atoms with Crippen molar-refractivity contribution in [2.24, 2.45) is 0 Å². The lowest BCUT2D eigenvalue weighted by atomic mass is 9.86. The van der Waals surface area contributed by atoms with E-state index in [2.05, 4.69) is 0 Å². The van der Waals surface area contributed by atoms with E-state index in [1.807, 2.05) is 0 Å². The number of ether oxygens (including phenoxy) is 1.